The molecular formula is C23H36O4. The first-order valence-electron chi connectivity index (χ1n) is 11.0. The van der Waals surface area contributed by atoms with Crippen molar-refractivity contribution in [3.63, 3.8) is 0 Å². The van der Waals surface area contributed by atoms with Gasteiger partial charge in [0, 0.05) is 19.3 Å². The van der Waals surface area contributed by atoms with Crippen LogP contribution < -0.4 is 0 Å². The second-order valence-electron chi connectivity index (χ2n) is 10.6. The van der Waals surface area contributed by atoms with Crippen LogP contribution in [0.4, 0.5) is 0 Å². The molecule has 0 aromatic rings. The summed E-state index contributed by atoms with van der Waals surface area (Å²) in [6.07, 6.45) is 7.65. The first-order chi connectivity index (χ1) is 12.7. The number of carbonyl (C=O) groups excluding carboxylic acids is 2. The van der Waals surface area contributed by atoms with E-state index in [4.69, 9.17) is 4.74 Å². The molecular weight excluding hydrogens is 340 g/mol. The Kier molecular flexibility index (Phi) is 4.73. The molecule has 0 aliphatic heterocycles. The van der Waals surface area contributed by atoms with Gasteiger partial charge in [0.25, 0.3) is 0 Å². The van der Waals surface area contributed by atoms with Gasteiger partial charge in [0.15, 0.2) is 0 Å². The third-order valence-corrected chi connectivity index (χ3v) is 9.29. The van der Waals surface area contributed by atoms with Crippen LogP contribution in [0.2, 0.25) is 0 Å². The molecule has 4 saturated carbocycles. The molecule has 4 aliphatic carbocycles. The summed E-state index contributed by atoms with van der Waals surface area (Å²) in [6, 6.07) is 0. The zero-order valence-corrected chi connectivity index (χ0v) is 17.4. The molecule has 4 rings (SSSR count). The zero-order chi connectivity index (χ0) is 19.6. The van der Waals surface area contributed by atoms with Crippen molar-refractivity contribution in [1.82, 2.24) is 0 Å². The molecule has 0 aromatic carbocycles. The largest absolute Gasteiger partial charge is 0.463 e. The number of ether oxygens (including phenoxy) is 1. The number of hydrogen-bond acceptors (Lipinski definition) is 4. The lowest BCUT2D eigenvalue weighted by atomic mass is 9.44. The highest BCUT2D eigenvalue weighted by molar-refractivity contribution is 5.84. The Hall–Kier alpha value is -0.900. The lowest BCUT2D eigenvalue weighted by Gasteiger charge is -2.60. The zero-order valence-electron chi connectivity index (χ0n) is 17.4. The van der Waals surface area contributed by atoms with Crippen LogP contribution in [0.1, 0.15) is 79.1 Å². The van der Waals surface area contributed by atoms with Crippen molar-refractivity contribution in [1.29, 1.82) is 0 Å². The lowest BCUT2D eigenvalue weighted by molar-refractivity contribution is -0.170. The van der Waals surface area contributed by atoms with Gasteiger partial charge in [-0.1, -0.05) is 13.8 Å². The van der Waals surface area contributed by atoms with E-state index in [1.165, 1.54) is 6.92 Å². The Bertz CT molecular complexity index is 628. The van der Waals surface area contributed by atoms with Gasteiger partial charge < -0.3 is 9.84 Å². The van der Waals surface area contributed by atoms with E-state index in [9.17, 15) is 14.7 Å². The third kappa shape index (κ3) is 2.89. The predicted molar refractivity (Wildman–Crippen MR) is 103 cm³/mol. The van der Waals surface area contributed by atoms with E-state index in [1.807, 2.05) is 6.92 Å². The molecule has 27 heavy (non-hydrogen) atoms. The van der Waals surface area contributed by atoms with Crippen molar-refractivity contribution in [3.8, 4) is 0 Å². The molecule has 4 fully saturated rings. The van der Waals surface area contributed by atoms with Crippen molar-refractivity contribution < 1.29 is 19.4 Å². The molecule has 0 unspecified atom stereocenters. The van der Waals surface area contributed by atoms with Crippen LogP contribution in [0.5, 0.6) is 0 Å². The molecule has 4 nitrogen and oxygen atoms in total. The molecule has 0 amide bonds. The van der Waals surface area contributed by atoms with Crippen LogP contribution in [0.25, 0.3) is 0 Å². The fourth-order valence-corrected chi connectivity index (χ4v) is 8.21. The number of aliphatic hydroxyl groups is 1. The van der Waals surface area contributed by atoms with E-state index in [0.29, 0.717) is 30.0 Å². The molecule has 0 saturated heterocycles. The van der Waals surface area contributed by atoms with E-state index in [1.54, 1.807) is 0 Å². The Morgan fingerprint density at radius 1 is 1.15 bits per heavy atom. The number of hydrogen-bond donors (Lipinski definition) is 1. The van der Waals surface area contributed by atoms with Crippen LogP contribution in [0.3, 0.4) is 0 Å². The number of rotatable bonds is 2. The summed E-state index contributed by atoms with van der Waals surface area (Å²) >= 11 is 0. The summed E-state index contributed by atoms with van der Waals surface area (Å²) < 4.78 is 5.52. The summed E-state index contributed by atoms with van der Waals surface area (Å²) in [4.78, 5) is 24.9. The quantitative estimate of drug-likeness (QED) is 0.736. The Labute approximate surface area is 163 Å². The fourth-order valence-electron chi connectivity index (χ4n) is 8.21. The maximum atomic E-state index is 13.5. The number of ketones is 1. The summed E-state index contributed by atoms with van der Waals surface area (Å²) in [5, 5.41) is 10.3. The monoisotopic (exact) mass is 376 g/mol. The van der Waals surface area contributed by atoms with Crippen molar-refractivity contribution in [2.45, 2.75) is 91.3 Å². The minimum atomic E-state index is -0.324. The minimum absolute atomic E-state index is 0.0233. The summed E-state index contributed by atoms with van der Waals surface area (Å²) in [5.41, 5.74) is 0.0332. The highest BCUT2D eigenvalue weighted by atomic mass is 16.5. The van der Waals surface area contributed by atoms with Crippen LogP contribution in [0.15, 0.2) is 0 Å². The van der Waals surface area contributed by atoms with E-state index in [-0.39, 0.29) is 40.8 Å². The smallest absolute Gasteiger partial charge is 0.302 e. The average Bonchev–Trinajstić information content (AvgIpc) is 2.91. The highest BCUT2D eigenvalue weighted by Crippen LogP contribution is 2.66. The standard InChI is InChI=1S/C23H36O4/c1-13(24)18-7-8-19-17-6-5-15-11-16(27-14(2)25)9-10-22(15,3)21(17)20(26)12-23(18,19)4/h13,15-19,21,24H,5-12H2,1-4H3/t13-,15+,16+,17+,18+,19-,21+,22+,23-/m0/s1. The van der Waals surface area contributed by atoms with Gasteiger partial charge in [-0.25, -0.2) is 0 Å². The molecule has 0 bridgehead atoms. The van der Waals surface area contributed by atoms with E-state index in [0.717, 1.165) is 44.9 Å². The SMILES string of the molecule is CC(=O)O[C@@H]1CC[C@]2(C)[C@H](CC[C@@H]3[C@@H]4CC[C@H]([C@H](C)O)[C@]4(C)CC(=O)[C@@H]32)C1. The average molecular weight is 377 g/mol. The van der Waals surface area contributed by atoms with E-state index < -0.39 is 0 Å². The fraction of sp³-hybridized carbons (Fsp3) is 0.913. The van der Waals surface area contributed by atoms with Gasteiger partial charge in [-0.05, 0) is 86.4 Å². The summed E-state index contributed by atoms with van der Waals surface area (Å²) in [6.45, 7) is 8.03. The molecule has 9 atom stereocenters. The van der Waals surface area contributed by atoms with Crippen LogP contribution in [-0.4, -0.2) is 29.1 Å². The lowest BCUT2D eigenvalue weighted by Crippen LogP contribution is -2.58. The van der Waals surface area contributed by atoms with Gasteiger partial charge in [-0.3, -0.25) is 9.59 Å². The molecule has 0 radical (unpaired) electrons. The number of aliphatic hydroxyl groups excluding tert-OH is 1. The van der Waals surface area contributed by atoms with Crippen LogP contribution >= 0.6 is 0 Å². The first-order valence-corrected chi connectivity index (χ1v) is 11.0. The second kappa shape index (κ2) is 6.57. The predicted octanol–water partition coefficient (Wildman–Crippen LogP) is 4.14. The number of Topliss-reactive ketones (excluding diaryl/α,β-unsaturated/α-hetero) is 1. The molecule has 0 spiro atoms. The van der Waals surface area contributed by atoms with Gasteiger partial charge in [0.2, 0.25) is 0 Å². The van der Waals surface area contributed by atoms with Crippen molar-refractivity contribution >= 4 is 11.8 Å². The second-order valence-corrected chi connectivity index (χ2v) is 10.6. The third-order valence-electron chi connectivity index (χ3n) is 9.29. The van der Waals surface area contributed by atoms with Crippen molar-refractivity contribution in [3.05, 3.63) is 0 Å². The van der Waals surface area contributed by atoms with Gasteiger partial charge in [-0.2, -0.15) is 0 Å². The molecule has 1 N–H and O–H groups in total. The molecule has 0 aromatic heterocycles. The van der Waals surface area contributed by atoms with Crippen LogP contribution in [-0.2, 0) is 14.3 Å². The Morgan fingerprint density at radius 3 is 2.56 bits per heavy atom. The normalized spacial score (nSPS) is 50.3. The molecule has 0 heterocycles. The van der Waals surface area contributed by atoms with Gasteiger partial charge in [0.1, 0.15) is 11.9 Å². The number of fused-ring (bicyclic) bond motifs is 5. The Balaban J connectivity index is 1.59. The molecule has 4 heteroatoms. The van der Waals surface area contributed by atoms with E-state index in [2.05, 4.69) is 13.8 Å². The van der Waals surface area contributed by atoms with Crippen molar-refractivity contribution in [2.75, 3.05) is 0 Å². The molecule has 4 aliphatic rings. The summed E-state index contributed by atoms with van der Waals surface area (Å²) in [5.74, 6) is 2.23. The van der Waals surface area contributed by atoms with Crippen LogP contribution in [0, 0.1) is 40.4 Å². The minimum Gasteiger partial charge on any atom is -0.463 e. The maximum absolute atomic E-state index is 13.5. The summed E-state index contributed by atoms with van der Waals surface area (Å²) in [7, 11) is 0. The first kappa shape index (κ1) is 19.4. The van der Waals surface area contributed by atoms with E-state index >= 15 is 0 Å². The Morgan fingerprint density at radius 2 is 1.89 bits per heavy atom. The highest BCUT2D eigenvalue weighted by Gasteiger charge is 2.63. The maximum Gasteiger partial charge on any atom is 0.302 e. The number of carbonyl (C=O) groups is 2. The van der Waals surface area contributed by atoms with Gasteiger partial charge >= 0.3 is 5.97 Å². The van der Waals surface area contributed by atoms with Crippen molar-refractivity contribution in [2.24, 2.45) is 40.4 Å². The molecule has 152 valence electrons. The van der Waals surface area contributed by atoms with Gasteiger partial charge in [-0.15, -0.1) is 0 Å². The number of esters is 1. The topological polar surface area (TPSA) is 63.6 Å². The van der Waals surface area contributed by atoms with Gasteiger partial charge in [0.05, 0.1) is 6.10 Å².